The second kappa shape index (κ2) is 8.78. The number of benzene rings is 1. The van der Waals surface area contributed by atoms with Crippen molar-refractivity contribution in [1.29, 1.82) is 5.26 Å². The maximum atomic E-state index is 12.1. The molecule has 0 spiro atoms. The van der Waals surface area contributed by atoms with Crippen molar-refractivity contribution < 1.29 is 9.53 Å². The summed E-state index contributed by atoms with van der Waals surface area (Å²) in [5.41, 5.74) is 3.92. The Morgan fingerprint density at radius 3 is 2.94 bits per heavy atom. The highest BCUT2D eigenvalue weighted by Crippen LogP contribution is 2.34. The number of nitrogens with zero attached hydrogens (tertiary/aromatic N) is 6. The molecule has 1 N–H and O–H groups in total. The minimum absolute atomic E-state index is 0.180. The van der Waals surface area contributed by atoms with Gasteiger partial charge in [-0.05, 0) is 32.4 Å². The first-order valence-electron chi connectivity index (χ1n) is 11.5. The molecule has 2 saturated heterocycles. The molecule has 4 heterocycles. The van der Waals surface area contributed by atoms with Gasteiger partial charge in [0.15, 0.2) is 5.82 Å². The molecule has 1 amide bonds. The smallest absolute Gasteiger partial charge is 0.223 e. The van der Waals surface area contributed by atoms with Crippen molar-refractivity contribution in [2.45, 2.75) is 38.8 Å². The summed E-state index contributed by atoms with van der Waals surface area (Å²) in [5, 5.41) is 22.5. The van der Waals surface area contributed by atoms with Gasteiger partial charge in [-0.2, -0.15) is 10.4 Å². The Kier molecular flexibility index (Phi) is 5.65. The van der Waals surface area contributed by atoms with E-state index in [2.05, 4.69) is 32.5 Å². The first-order chi connectivity index (χ1) is 16.5. The minimum atomic E-state index is -0.180. The third-order valence-electron chi connectivity index (χ3n) is 6.82. The van der Waals surface area contributed by atoms with E-state index in [4.69, 9.17) is 9.72 Å². The number of carbonyl (C=O) groups is 1. The number of carbonyl (C=O) groups excluding carboxylic acids is 1. The Bertz CT molecular complexity index is 1300. The lowest BCUT2D eigenvalue weighted by Gasteiger charge is -2.38. The molecule has 174 valence electrons. The van der Waals surface area contributed by atoms with Crippen LogP contribution in [-0.2, 0) is 4.79 Å². The van der Waals surface area contributed by atoms with Crippen LogP contribution < -0.4 is 15.0 Å². The Morgan fingerprint density at radius 2 is 2.15 bits per heavy atom. The number of rotatable bonds is 5. The van der Waals surface area contributed by atoms with E-state index in [9.17, 15) is 10.1 Å². The lowest BCUT2D eigenvalue weighted by Crippen LogP contribution is -2.51. The van der Waals surface area contributed by atoms with Crippen LogP contribution in [0.15, 0.2) is 30.5 Å². The molecule has 0 unspecified atom stereocenters. The number of fused-ring (bicyclic) bond motifs is 2. The van der Waals surface area contributed by atoms with Crippen LogP contribution in [0, 0.1) is 18.3 Å². The molecule has 2 atom stereocenters. The van der Waals surface area contributed by atoms with Crippen molar-refractivity contribution >= 4 is 28.3 Å². The standard InChI is InChI=1S/C25H27N7O2/c1-15(20-6-4-5-17(12-26)24(20)34-3)28-25-21-11-19(13-27-23(21)16(2)29-30-25)31-9-10-32-18(14-31)7-8-22(32)33/h4-6,11,13,15,18H,7-10,14H2,1-3H3,(H,28,30)/t15-,18-/m1/s1. The Hall–Kier alpha value is -3.93. The van der Waals surface area contributed by atoms with Crippen molar-refractivity contribution in [2.75, 3.05) is 37.0 Å². The minimum Gasteiger partial charge on any atom is -0.495 e. The summed E-state index contributed by atoms with van der Waals surface area (Å²) >= 11 is 0. The van der Waals surface area contributed by atoms with Crippen LogP contribution >= 0.6 is 0 Å². The molecule has 9 heteroatoms. The van der Waals surface area contributed by atoms with Gasteiger partial charge in [0.05, 0.1) is 41.8 Å². The number of amides is 1. The third-order valence-corrected chi connectivity index (χ3v) is 6.82. The predicted octanol–water partition coefficient (Wildman–Crippen LogP) is 3.20. The van der Waals surface area contributed by atoms with Gasteiger partial charge in [0.1, 0.15) is 11.8 Å². The largest absolute Gasteiger partial charge is 0.495 e. The highest BCUT2D eigenvalue weighted by molar-refractivity contribution is 5.92. The lowest BCUT2D eigenvalue weighted by molar-refractivity contribution is -0.129. The molecule has 2 aromatic heterocycles. The Morgan fingerprint density at radius 1 is 1.29 bits per heavy atom. The molecule has 34 heavy (non-hydrogen) atoms. The molecule has 5 rings (SSSR count). The van der Waals surface area contributed by atoms with Crippen LogP contribution in [0.4, 0.5) is 11.5 Å². The fraction of sp³-hybridized carbons (Fsp3) is 0.400. The van der Waals surface area contributed by atoms with E-state index in [1.807, 2.05) is 37.1 Å². The number of aromatic nitrogens is 3. The lowest BCUT2D eigenvalue weighted by atomic mass is 10.0. The molecule has 2 fully saturated rings. The number of para-hydroxylation sites is 1. The number of hydrogen-bond donors (Lipinski definition) is 1. The van der Waals surface area contributed by atoms with Gasteiger partial charge in [0, 0.05) is 43.0 Å². The van der Waals surface area contributed by atoms with Crippen LogP contribution in [-0.4, -0.2) is 58.8 Å². The first kappa shape index (κ1) is 21.9. The molecule has 9 nitrogen and oxygen atoms in total. The fourth-order valence-corrected chi connectivity index (χ4v) is 5.02. The van der Waals surface area contributed by atoms with Gasteiger partial charge in [0.2, 0.25) is 5.91 Å². The Balaban J connectivity index is 1.47. The average molecular weight is 458 g/mol. The van der Waals surface area contributed by atoms with Gasteiger partial charge in [-0.3, -0.25) is 9.78 Å². The number of aryl methyl sites for hydroxylation is 1. The molecule has 1 aromatic carbocycles. The number of ether oxygens (including phenoxy) is 1. The van der Waals surface area contributed by atoms with Crippen LogP contribution in [0.1, 0.15) is 42.6 Å². The summed E-state index contributed by atoms with van der Waals surface area (Å²) in [6.45, 7) is 6.24. The average Bonchev–Trinajstić information content (AvgIpc) is 3.24. The fourth-order valence-electron chi connectivity index (χ4n) is 5.02. The molecule has 0 radical (unpaired) electrons. The number of methoxy groups -OCH3 is 1. The molecular weight excluding hydrogens is 430 g/mol. The topological polar surface area (TPSA) is 107 Å². The molecular formula is C25H27N7O2. The van der Waals surface area contributed by atoms with Gasteiger partial charge < -0.3 is 19.9 Å². The van der Waals surface area contributed by atoms with Gasteiger partial charge in [-0.15, -0.1) is 5.10 Å². The zero-order valence-corrected chi connectivity index (χ0v) is 19.6. The van der Waals surface area contributed by atoms with Gasteiger partial charge in [-0.1, -0.05) is 12.1 Å². The second-order valence-corrected chi connectivity index (χ2v) is 8.86. The zero-order valence-electron chi connectivity index (χ0n) is 19.6. The van der Waals surface area contributed by atoms with Crippen molar-refractivity contribution in [3.63, 3.8) is 0 Å². The molecule has 0 bridgehead atoms. The maximum Gasteiger partial charge on any atom is 0.223 e. The quantitative estimate of drug-likeness (QED) is 0.622. The highest BCUT2D eigenvalue weighted by atomic mass is 16.5. The SMILES string of the molecule is COc1c(C#N)cccc1[C@@H](C)Nc1nnc(C)c2ncc(N3CCN4C(=O)CC[C@@H]4C3)cc12. The summed E-state index contributed by atoms with van der Waals surface area (Å²) in [7, 11) is 1.57. The predicted molar refractivity (Wildman–Crippen MR) is 129 cm³/mol. The van der Waals surface area contributed by atoms with E-state index in [0.29, 0.717) is 23.6 Å². The Labute approximate surface area is 198 Å². The van der Waals surface area contributed by atoms with Gasteiger partial charge >= 0.3 is 0 Å². The molecule has 2 aliphatic heterocycles. The number of pyridine rings is 1. The van der Waals surface area contributed by atoms with E-state index < -0.39 is 0 Å². The molecule has 0 aliphatic carbocycles. The van der Waals surface area contributed by atoms with E-state index in [1.165, 1.54) is 0 Å². The summed E-state index contributed by atoms with van der Waals surface area (Å²) in [6, 6.07) is 9.91. The number of nitriles is 1. The summed E-state index contributed by atoms with van der Waals surface area (Å²) in [6.07, 6.45) is 3.44. The van der Waals surface area contributed by atoms with Crippen LogP contribution in [0.25, 0.3) is 10.9 Å². The number of anilines is 2. The maximum absolute atomic E-state index is 12.1. The first-order valence-corrected chi connectivity index (χ1v) is 11.5. The molecule has 0 saturated carbocycles. The van der Waals surface area contributed by atoms with Crippen molar-refractivity contribution in [3.8, 4) is 11.8 Å². The summed E-state index contributed by atoms with van der Waals surface area (Å²) in [4.78, 5) is 21.1. The van der Waals surface area contributed by atoms with E-state index in [0.717, 1.165) is 53.9 Å². The van der Waals surface area contributed by atoms with Crippen LogP contribution in [0.2, 0.25) is 0 Å². The van der Waals surface area contributed by atoms with Crippen LogP contribution in [0.5, 0.6) is 5.75 Å². The number of nitrogens with one attached hydrogen (secondary N) is 1. The van der Waals surface area contributed by atoms with Crippen molar-refractivity contribution in [3.05, 3.63) is 47.3 Å². The van der Waals surface area contributed by atoms with E-state index >= 15 is 0 Å². The third kappa shape index (κ3) is 3.75. The van der Waals surface area contributed by atoms with Crippen LogP contribution in [0.3, 0.4) is 0 Å². The number of piperazine rings is 1. The van der Waals surface area contributed by atoms with E-state index in [1.54, 1.807) is 13.2 Å². The number of hydrogen-bond acceptors (Lipinski definition) is 8. The molecule has 3 aromatic rings. The highest BCUT2D eigenvalue weighted by Gasteiger charge is 2.35. The normalized spacial score (nSPS) is 18.5. The summed E-state index contributed by atoms with van der Waals surface area (Å²) in [5.74, 6) is 1.45. The second-order valence-electron chi connectivity index (χ2n) is 8.86. The monoisotopic (exact) mass is 457 g/mol. The van der Waals surface area contributed by atoms with Gasteiger partial charge in [-0.25, -0.2) is 0 Å². The van der Waals surface area contributed by atoms with Gasteiger partial charge in [0.25, 0.3) is 0 Å². The molecule has 2 aliphatic rings. The zero-order chi connectivity index (χ0) is 23.8. The van der Waals surface area contributed by atoms with E-state index in [-0.39, 0.29) is 18.0 Å². The van der Waals surface area contributed by atoms with Crippen molar-refractivity contribution in [1.82, 2.24) is 20.1 Å². The van der Waals surface area contributed by atoms with Crippen molar-refractivity contribution in [2.24, 2.45) is 0 Å². The summed E-state index contributed by atoms with van der Waals surface area (Å²) < 4.78 is 5.53.